The summed E-state index contributed by atoms with van der Waals surface area (Å²) in [4.78, 5) is 0. The molecule has 0 aliphatic rings. The highest BCUT2D eigenvalue weighted by Gasteiger charge is 2.14. The van der Waals surface area contributed by atoms with Crippen LogP contribution in [0, 0.1) is 19.7 Å². The number of ether oxygens (including phenoxy) is 1. The zero-order valence-corrected chi connectivity index (χ0v) is 12.4. The van der Waals surface area contributed by atoms with Gasteiger partial charge in [0.25, 0.3) is 0 Å². The molecule has 0 unspecified atom stereocenters. The van der Waals surface area contributed by atoms with Gasteiger partial charge < -0.3 is 10.1 Å². The van der Waals surface area contributed by atoms with Crippen molar-refractivity contribution >= 4 is 0 Å². The highest BCUT2D eigenvalue weighted by atomic mass is 19.1. The molecule has 0 aromatic heterocycles. The highest BCUT2D eigenvalue weighted by Crippen LogP contribution is 2.36. The summed E-state index contributed by atoms with van der Waals surface area (Å²) < 4.78 is 19.8. The normalized spacial score (nSPS) is 10.7. The number of nitrogens with one attached hydrogen (secondary N) is 1. The Hall–Kier alpha value is -1.87. The lowest BCUT2D eigenvalue weighted by Crippen LogP contribution is -2.05. The standard InChI is InChI=1S/C17H20FNO/c1-11-5-7-15(17(20-4)12(11)2)14-8-6-13(10-19-3)9-16(14)18/h5-9,19H,10H2,1-4H3. The molecule has 0 aliphatic carbocycles. The van der Waals surface area contributed by atoms with Gasteiger partial charge in [0.1, 0.15) is 11.6 Å². The van der Waals surface area contributed by atoms with Crippen molar-refractivity contribution in [1.29, 1.82) is 0 Å². The van der Waals surface area contributed by atoms with Gasteiger partial charge in [0, 0.05) is 17.7 Å². The number of hydrogen-bond acceptors (Lipinski definition) is 2. The summed E-state index contributed by atoms with van der Waals surface area (Å²) in [5.41, 5.74) is 4.48. The van der Waals surface area contributed by atoms with Gasteiger partial charge in [-0.3, -0.25) is 0 Å². The Morgan fingerprint density at radius 1 is 1.10 bits per heavy atom. The van der Waals surface area contributed by atoms with Gasteiger partial charge in [0.15, 0.2) is 0 Å². The fourth-order valence-corrected chi connectivity index (χ4v) is 2.36. The summed E-state index contributed by atoms with van der Waals surface area (Å²) in [5.74, 6) is 0.518. The number of benzene rings is 2. The van der Waals surface area contributed by atoms with Crippen LogP contribution in [0.25, 0.3) is 11.1 Å². The molecule has 2 rings (SSSR count). The molecular weight excluding hydrogens is 253 g/mol. The van der Waals surface area contributed by atoms with Crippen molar-refractivity contribution in [2.45, 2.75) is 20.4 Å². The van der Waals surface area contributed by atoms with Gasteiger partial charge in [-0.2, -0.15) is 0 Å². The lowest BCUT2D eigenvalue weighted by Gasteiger charge is -2.14. The van der Waals surface area contributed by atoms with Crippen molar-refractivity contribution in [2.75, 3.05) is 14.2 Å². The third-order valence-electron chi connectivity index (χ3n) is 3.59. The Bertz CT molecular complexity index is 623. The predicted octanol–water partition coefficient (Wildman–Crippen LogP) is 3.84. The molecule has 3 heteroatoms. The summed E-state index contributed by atoms with van der Waals surface area (Å²) in [6, 6.07) is 9.23. The molecule has 1 N–H and O–H groups in total. The molecule has 0 atom stereocenters. The van der Waals surface area contributed by atoms with E-state index in [4.69, 9.17) is 4.74 Å². The van der Waals surface area contributed by atoms with Crippen molar-refractivity contribution in [3.8, 4) is 16.9 Å². The van der Waals surface area contributed by atoms with E-state index in [0.717, 1.165) is 28.0 Å². The van der Waals surface area contributed by atoms with E-state index in [1.165, 1.54) is 0 Å². The van der Waals surface area contributed by atoms with Crippen LogP contribution in [0.5, 0.6) is 5.75 Å². The molecule has 0 radical (unpaired) electrons. The van der Waals surface area contributed by atoms with E-state index in [1.54, 1.807) is 13.2 Å². The highest BCUT2D eigenvalue weighted by molar-refractivity contribution is 5.73. The van der Waals surface area contributed by atoms with E-state index in [2.05, 4.69) is 5.32 Å². The zero-order valence-electron chi connectivity index (χ0n) is 12.4. The molecule has 2 aromatic carbocycles. The second-order valence-corrected chi connectivity index (χ2v) is 4.93. The van der Waals surface area contributed by atoms with Gasteiger partial charge in [0.05, 0.1) is 7.11 Å². The number of hydrogen-bond donors (Lipinski definition) is 1. The molecule has 0 bridgehead atoms. The van der Waals surface area contributed by atoms with E-state index in [9.17, 15) is 4.39 Å². The van der Waals surface area contributed by atoms with Crippen LogP contribution >= 0.6 is 0 Å². The first kappa shape index (κ1) is 14.5. The minimum atomic E-state index is -0.223. The summed E-state index contributed by atoms with van der Waals surface area (Å²) in [6.45, 7) is 4.67. The maximum absolute atomic E-state index is 14.3. The van der Waals surface area contributed by atoms with Crippen molar-refractivity contribution < 1.29 is 9.13 Å². The third-order valence-corrected chi connectivity index (χ3v) is 3.59. The van der Waals surface area contributed by atoms with Crippen LogP contribution in [0.2, 0.25) is 0 Å². The lowest BCUT2D eigenvalue weighted by atomic mass is 9.97. The van der Waals surface area contributed by atoms with Gasteiger partial charge >= 0.3 is 0 Å². The Kier molecular flexibility index (Phi) is 4.40. The van der Waals surface area contributed by atoms with E-state index in [1.807, 2.05) is 45.2 Å². The van der Waals surface area contributed by atoms with Crippen LogP contribution < -0.4 is 10.1 Å². The molecule has 20 heavy (non-hydrogen) atoms. The van der Waals surface area contributed by atoms with Gasteiger partial charge in [-0.15, -0.1) is 0 Å². The number of rotatable bonds is 4. The minimum Gasteiger partial charge on any atom is -0.496 e. The fraction of sp³-hybridized carbons (Fsp3) is 0.294. The van der Waals surface area contributed by atoms with Crippen LogP contribution in [-0.4, -0.2) is 14.2 Å². The molecule has 0 fully saturated rings. The van der Waals surface area contributed by atoms with Crippen LogP contribution in [0.4, 0.5) is 4.39 Å². The van der Waals surface area contributed by atoms with Crippen molar-refractivity contribution in [1.82, 2.24) is 5.32 Å². The van der Waals surface area contributed by atoms with Crippen LogP contribution in [0.3, 0.4) is 0 Å². The molecule has 0 amide bonds. The Morgan fingerprint density at radius 3 is 2.40 bits per heavy atom. The van der Waals surface area contributed by atoms with E-state index in [0.29, 0.717) is 12.1 Å². The first-order valence-electron chi connectivity index (χ1n) is 6.66. The first-order chi connectivity index (χ1) is 9.58. The van der Waals surface area contributed by atoms with Crippen molar-refractivity contribution in [3.63, 3.8) is 0 Å². The molecule has 2 nitrogen and oxygen atoms in total. The van der Waals surface area contributed by atoms with Crippen LogP contribution in [0.1, 0.15) is 16.7 Å². The molecule has 2 aromatic rings. The van der Waals surface area contributed by atoms with Crippen molar-refractivity contribution in [2.24, 2.45) is 0 Å². The quantitative estimate of drug-likeness (QED) is 0.914. The monoisotopic (exact) mass is 273 g/mol. The average molecular weight is 273 g/mol. The predicted molar refractivity (Wildman–Crippen MR) is 80.6 cm³/mol. The third kappa shape index (κ3) is 2.68. The fourth-order valence-electron chi connectivity index (χ4n) is 2.36. The zero-order chi connectivity index (χ0) is 14.7. The van der Waals surface area contributed by atoms with Crippen molar-refractivity contribution in [3.05, 3.63) is 52.8 Å². The maximum atomic E-state index is 14.3. The number of aryl methyl sites for hydroxylation is 1. The van der Waals surface area contributed by atoms with E-state index in [-0.39, 0.29) is 5.82 Å². The van der Waals surface area contributed by atoms with Gasteiger partial charge in [-0.05, 0) is 43.7 Å². The molecule has 106 valence electrons. The number of halogens is 1. The number of methoxy groups -OCH3 is 1. The summed E-state index contributed by atoms with van der Waals surface area (Å²) in [7, 11) is 3.47. The minimum absolute atomic E-state index is 0.223. The Balaban J connectivity index is 2.54. The molecule has 0 saturated carbocycles. The topological polar surface area (TPSA) is 21.3 Å². The van der Waals surface area contributed by atoms with Crippen LogP contribution in [0.15, 0.2) is 30.3 Å². The SMILES string of the molecule is CNCc1ccc(-c2ccc(C)c(C)c2OC)c(F)c1. The van der Waals surface area contributed by atoms with Gasteiger partial charge in [-0.25, -0.2) is 4.39 Å². The summed E-state index contributed by atoms with van der Waals surface area (Å²) >= 11 is 0. The van der Waals surface area contributed by atoms with Gasteiger partial charge in [-0.1, -0.05) is 24.3 Å². The van der Waals surface area contributed by atoms with Crippen LogP contribution in [-0.2, 0) is 6.54 Å². The molecule has 0 spiro atoms. The van der Waals surface area contributed by atoms with E-state index >= 15 is 0 Å². The second-order valence-electron chi connectivity index (χ2n) is 4.93. The molecular formula is C17H20FNO. The maximum Gasteiger partial charge on any atom is 0.131 e. The summed E-state index contributed by atoms with van der Waals surface area (Å²) in [6.07, 6.45) is 0. The Morgan fingerprint density at radius 2 is 1.80 bits per heavy atom. The second kappa shape index (κ2) is 6.06. The summed E-state index contributed by atoms with van der Waals surface area (Å²) in [5, 5.41) is 3.02. The largest absolute Gasteiger partial charge is 0.496 e. The Labute approximate surface area is 119 Å². The molecule has 0 heterocycles. The average Bonchev–Trinajstić information content (AvgIpc) is 2.43. The van der Waals surface area contributed by atoms with Gasteiger partial charge in [0.2, 0.25) is 0 Å². The molecule has 0 saturated heterocycles. The smallest absolute Gasteiger partial charge is 0.131 e. The molecule has 0 aliphatic heterocycles. The van der Waals surface area contributed by atoms with E-state index < -0.39 is 0 Å². The first-order valence-corrected chi connectivity index (χ1v) is 6.66. The lowest BCUT2D eigenvalue weighted by molar-refractivity contribution is 0.412.